The van der Waals surface area contributed by atoms with Crippen LogP contribution in [0.3, 0.4) is 0 Å². The van der Waals surface area contributed by atoms with Gasteiger partial charge < -0.3 is 0 Å². The average molecular weight is 210 g/mol. The number of hydrogen-bond acceptors (Lipinski definition) is 0. The summed E-state index contributed by atoms with van der Waals surface area (Å²) in [6, 6.07) is 0. The second-order valence-electron chi connectivity index (χ2n) is 5.11. The average Bonchev–Trinajstić information content (AvgIpc) is 2.22. The molecule has 90 valence electrons. The van der Waals surface area contributed by atoms with Crippen LogP contribution < -0.4 is 0 Å². The van der Waals surface area contributed by atoms with Crippen LogP contribution in [0.5, 0.6) is 0 Å². The second-order valence-corrected chi connectivity index (χ2v) is 5.11. The number of allylic oxidation sites excluding steroid dienone is 2. The van der Waals surface area contributed by atoms with Crippen molar-refractivity contribution in [1.29, 1.82) is 0 Å². The van der Waals surface area contributed by atoms with E-state index in [1.165, 1.54) is 38.5 Å². The minimum absolute atomic E-state index is 0.788. The summed E-state index contributed by atoms with van der Waals surface area (Å²) < 4.78 is 0. The topological polar surface area (TPSA) is 0 Å². The molecule has 0 heterocycles. The van der Waals surface area contributed by atoms with Crippen molar-refractivity contribution in [1.82, 2.24) is 0 Å². The molecule has 0 aliphatic rings. The molecule has 0 aromatic heterocycles. The molecule has 0 amide bonds. The van der Waals surface area contributed by atoms with E-state index in [1.54, 1.807) is 5.57 Å². The van der Waals surface area contributed by atoms with Crippen molar-refractivity contribution in [2.24, 2.45) is 11.8 Å². The van der Waals surface area contributed by atoms with Gasteiger partial charge in [0, 0.05) is 0 Å². The third-order valence-electron chi connectivity index (χ3n) is 3.41. The first-order valence-electron chi connectivity index (χ1n) is 6.78. The van der Waals surface area contributed by atoms with Gasteiger partial charge in [-0.15, -0.1) is 0 Å². The Bertz CT molecular complexity index is 167. The molecule has 0 spiro atoms. The van der Waals surface area contributed by atoms with Crippen molar-refractivity contribution >= 4 is 0 Å². The summed E-state index contributed by atoms with van der Waals surface area (Å²) in [6.45, 7) is 11.6. The van der Waals surface area contributed by atoms with E-state index in [1.807, 2.05) is 0 Å². The molecule has 0 radical (unpaired) electrons. The zero-order valence-corrected chi connectivity index (χ0v) is 11.5. The van der Waals surface area contributed by atoms with Gasteiger partial charge in [-0.3, -0.25) is 0 Å². The molecule has 0 bridgehead atoms. The Hall–Kier alpha value is -0.260. The van der Waals surface area contributed by atoms with Gasteiger partial charge in [-0.05, 0) is 31.6 Å². The third kappa shape index (κ3) is 7.64. The molecular formula is C15H30. The van der Waals surface area contributed by atoms with Crippen LogP contribution in [0, 0.1) is 11.8 Å². The summed E-state index contributed by atoms with van der Waals surface area (Å²) >= 11 is 0. The van der Waals surface area contributed by atoms with E-state index in [-0.39, 0.29) is 0 Å². The Kier molecular flexibility index (Phi) is 8.85. The maximum Gasteiger partial charge on any atom is -0.0234 e. The van der Waals surface area contributed by atoms with E-state index >= 15 is 0 Å². The highest BCUT2D eigenvalue weighted by Gasteiger charge is 2.07. The fraction of sp³-hybridized carbons (Fsp3) is 0.867. The highest BCUT2D eigenvalue weighted by molar-refractivity contribution is 5.01. The van der Waals surface area contributed by atoms with Crippen LogP contribution >= 0.6 is 0 Å². The molecule has 0 saturated heterocycles. The van der Waals surface area contributed by atoms with Crippen LogP contribution in [0.1, 0.15) is 73.1 Å². The lowest BCUT2D eigenvalue weighted by atomic mass is 9.91. The predicted molar refractivity (Wildman–Crippen MR) is 71.1 cm³/mol. The lowest BCUT2D eigenvalue weighted by Crippen LogP contribution is -2.01. The lowest BCUT2D eigenvalue weighted by Gasteiger charge is -2.15. The van der Waals surface area contributed by atoms with Crippen molar-refractivity contribution in [2.75, 3.05) is 0 Å². The number of rotatable bonds is 8. The van der Waals surface area contributed by atoms with Crippen molar-refractivity contribution in [3.05, 3.63) is 11.6 Å². The first-order chi connectivity index (χ1) is 7.11. The van der Waals surface area contributed by atoms with Gasteiger partial charge in [0.1, 0.15) is 0 Å². The summed E-state index contributed by atoms with van der Waals surface area (Å²) in [5.74, 6) is 1.70. The first kappa shape index (κ1) is 14.7. The van der Waals surface area contributed by atoms with E-state index in [4.69, 9.17) is 0 Å². The van der Waals surface area contributed by atoms with Crippen molar-refractivity contribution in [2.45, 2.75) is 73.1 Å². The van der Waals surface area contributed by atoms with Crippen molar-refractivity contribution < 1.29 is 0 Å². The van der Waals surface area contributed by atoms with Crippen molar-refractivity contribution in [3.63, 3.8) is 0 Å². The molecule has 2 atom stereocenters. The van der Waals surface area contributed by atoms with Crippen LogP contribution in [-0.2, 0) is 0 Å². The standard InChI is InChI=1S/C15H30/c1-6-8-10-14(4)15(5)12-11-13(3)9-7-2/h10,13,15H,6-9,11-12H2,1-5H3/b14-10+. The lowest BCUT2D eigenvalue weighted by molar-refractivity contribution is 0.433. The van der Waals surface area contributed by atoms with E-state index < -0.39 is 0 Å². The van der Waals surface area contributed by atoms with Gasteiger partial charge in [0.05, 0.1) is 0 Å². The normalized spacial score (nSPS) is 16.5. The number of unbranched alkanes of at least 4 members (excludes halogenated alkanes) is 1. The SMILES string of the molecule is CCC/C=C(\C)C(C)CCC(C)CCC. The molecule has 0 heteroatoms. The van der Waals surface area contributed by atoms with Crippen LogP contribution in [0.2, 0.25) is 0 Å². The maximum atomic E-state index is 2.43. The van der Waals surface area contributed by atoms with E-state index in [0.29, 0.717) is 0 Å². The molecule has 0 N–H and O–H groups in total. The molecule has 0 fully saturated rings. The van der Waals surface area contributed by atoms with Gasteiger partial charge in [0.25, 0.3) is 0 Å². The van der Waals surface area contributed by atoms with Crippen LogP contribution in [0.25, 0.3) is 0 Å². The summed E-state index contributed by atoms with van der Waals surface area (Å²) in [6.07, 6.45) is 10.4. The molecule has 0 aliphatic heterocycles. The molecule has 15 heavy (non-hydrogen) atoms. The summed E-state index contributed by atoms with van der Waals surface area (Å²) in [5, 5.41) is 0. The summed E-state index contributed by atoms with van der Waals surface area (Å²) in [5.41, 5.74) is 1.60. The minimum atomic E-state index is 0.788. The maximum absolute atomic E-state index is 2.43. The van der Waals surface area contributed by atoms with E-state index in [0.717, 1.165) is 11.8 Å². The minimum Gasteiger partial charge on any atom is -0.0854 e. The Morgan fingerprint density at radius 1 is 1.00 bits per heavy atom. The van der Waals surface area contributed by atoms with Gasteiger partial charge in [-0.25, -0.2) is 0 Å². The van der Waals surface area contributed by atoms with Gasteiger partial charge in [-0.1, -0.05) is 65.0 Å². The fourth-order valence-corrected chi connectivity index (χ4v) is 1.97. The monoisotopic (exact) mass is 210 g/mol. The zero-order valence-electron chi connectivity index (χ0n) is 11.5. The zero-order chi connectivity index (χ0) is 11.7. The first-order valence-corrected chi connectivity index (χ1v) is 6.78. The van der Waals surface area contributed by atoms with E-state index in [2.05, 4.69) is 40.7 Å². The Morgan fingerprint density at radius 2 is 1.67 bits per heavy atom. The van der Waals surface area contributed by atoms with Crippen molar-refractivity contribution in [3.8, 4) is 0 Å². The van der Waals surface area contributed by atoms with E-state index in [9.17, 15) is 0 Å². The highest BCUT2D eigenvalue weighted by Crippen LogP contribution is 2.21. The molecule has 0 aromatic rings. The number of hydrogen-bond donors (Lipinski definition) is 0. The molecule has 0 aromatic carbocycles. The molecule has 0 rings (SSSR count). The van der Waals surface area contributed by atoms with Crippen LogP contribution in [-0.4, -0.2) is 0 Å². The molecule has 0 aliphatic carbocycles. The summed E-state index contributed by atoms with van der Waals surface area (Å²) in [7, 11) is 0. The van der Waals surface area contributed by atoms with Gasteiger partial charge >= 0.3 is 0 Å². The molecule has 2 unspecified atom stereocenters. The quantitative estimate of drug-likeness (QED) is 0.458. The Balaban J connectivity index is 3.76. The largest absolute Gasteiger partial charge is 0.0854 e. The molecule has 0 saturated carbocycles. The molecular weight excluding hydrogens is 180 g/mol. The summed E-state index contributed by atoms with van der Waals surface area (Å²) in [4.78, 5) is 0. The smallest absolute Gasteiger partial charge is 0.0234 e. The predicted octanol–water partition coefficient (Wildman–Crippen LogP) is 5.59. The van der Waals surface area contributed by atoms with Gasteiger partial charge in [-0.2, -0.15) is 0 Å². The van der Waals surface area contributed by atoms with Crippen LogP contribution in [0.4, 0.5) is 0 Å². The Labute approximate surface area is 97.2 Å². The highest BCUT2D eigenvalue weighted by atomic mass is 14.1. The van der Waals surface area contributed by atoms with Gasteiger partial charge in [0.15, 0.2) is 0 Å². The second kappa shape index (κ2) is 9.00. The molecule has 0 nitrogen and oxygen atoms in total. The third-order valence-corrected chi connectivity index (χ3v) is 3.41. The van der Waals surface area contributed by atoms with Crippen LogP contribution in [0.15, 0.2) is 11.6 Å². The van der Waals surface area contributed by atoms with Gasteiger partial charge in [0.2, 0.25) is 0 Å². The fourth-order valence-electron chi connectivity index (χ4n) is 1.97. The Morgan fingerprint density at radius 3 is 2.20 bits per heavy atom.